The van der Waals surface area contributed by atoms with Crippen molar-refractivity contribution in [2.75, 3.05) is 25.0 Å². The third-order valence-corrected chi connectivity index (χ3v) is 5.51. The minimum absolute atomic E-state index is 0.316. The largest absolute Gasteiger partial charge is 0.423 e. The Hall–Kier alpha value is -2.56. The number of para-hydroxylation sites is 1. The van der Waals surface area contributed by atoms with Crippen LogP contribution in [0, 0.1) is 0 Å². The Bertz CT molecular complexity index is 1040. The van der Waals surface area contributed by atoms with E-state index < -0.39 is 0 Å². The average Bonchev–Trinajstić information content (AvgIpc) is 2.71. The van der Waals surface area contributed by atoms with Gasteiger partial charge in [-0.05, 0) is 36.6 Å². The number of piperidine rings is 1. The van der Waals surface area contributed by atoms with Crippen LogP contribution in [0.15, 0.2) is 69.9 Å². The Morgan fingerprint density at radius 2 is 1.86 bits per heavy atom. The Morgan fingerprint density at radius 3 is 2.68 bits per heavy atom. The molecule has 0 spiro atoms. The van der Waals surface area contributed by atoms with Crippen molar-refractivity contribution < 1.29 is 4.42 Å². The van der Waals surface area contributed by atoms with Crippen molar-refractivity contribution in [2.45, 2.75) is 18.9 Å². The first-order valence-electron chi connectivity index (χ1n) is 9.62. The van der Waals surface area contributed by atoms with E-state index in [1.54, 1.807) is 6.07 Å². The zero-order valence-corrected chi connectivity index (χ0v) is 16.4. The molecule has 0 unspecified atom stereocenters. The summed E-state index contributed by atoms with van der Waals surface area (Å²) < 4.78 is 5.28. The number of rotatable bonds is 5. The van der Waals surface area contributed by atoms with Crippen LogP contribution in [0.25, 0.3) is 17.0 Å². The number of halogens is 1. The van der Waals surface area contributed by atoms with Gasteiger partial charge in [0, 0.05) is 42.2 Å². The Balaban J connectivity index is 1.34. The van der Waals surface area contributed by atoms with Crippen molar-refractivity contribution in [3.05, 3.63) is 81.7 Å². The van der Waals surface area contributed by atoms with Crippen LogP contribution in [-0.4, -0.2) is 30.6 Å². The number of hydrogen-bond acceptors (Lipinski definition) is 4. The van der Waals surface area contributed by atoms with Gasteiger partial charge in [-0.25, -0.2) is 4.79 Å². The predicted molar refractivity (Wildman–Crippen MR) is 116 cm³/mol. The highest BCUT2D eigenvalue weighted by Crippen LogP contribution is 2.24. The lowest BCUT2D eigenvalue weighted by Crippen LogP contribution is -2.39. The van der Waals surface area contributed by atoms with Crippen molar-refractivity contribution >= 4 is 34.3 Å². The maximum absolute atomic E-state index is 11.8. The van der Waals surface area contributed by atoms with Crippen LogP contribution >= 0.6 is 11.6 Å². The van der Waals surface area contributed by atoms with Crippen LogP contribution in [0.1, 0.15) is 18.4 Å². The number of likely N-dealkylation sites (tertiary alicyclic amines) is 1. The minimum atomic E-state index is -0.316. The summed E-state index contributed by atoms with van der Waals surface area (Å²) in [5, 5.41) is 5.28. The first-order valence-corrected chi connectivity index (χ1v) is 10.00. The summed E-state index contributed by atoms with van der Waals surface area (Å²) in [7, 11) is 0. The number of nitrogens with zero attached hydrogens (tertiary/aromatic N) is 1. The van der Waals surface area contributed by atoms with Gasteiger partial charge < -0.3 is 9.73 Å². The van der Waals surface area contributed by atoms with E-state index in [9.17, 15) is 4.79 Å². The van der Waals surface area contributed by atoms with Gasteiger partial charge in [0.2, 0.25) is 0 Å². The van der Waals surface area contributed by atoms with Gasteiger partial charge in [0.15, 0.2) is 0 Å². The first-order chi connectivity index (χ1) is 13.7. The van der Waals surface area contributed by atoms with E-state index >= 15 is 0 Å². The van der Waals surface area contributed by atoms with Gasteiger partial charge >= 0.3 is 5.63 Å². The number of nitrogens with one attached hydrogen (secondary N) is 1. The van der Waals surface area contributed by atoms with Crippen LogP contribution in [0.5, 0.6) is 0 Å². The number of anilines is 1. The molecule has 1 fully saturated rings. The third-order valence-electron chi connectivity index (χ3n) is 5.16. The molecule has 0 amide bonds. The fourth-order valence-electron chi connectivity index (χ4n) is 3.65. The molecule has 144 valence electrons. The second-order valence-corrected chi connectivity index (χ2v) is 7.53. The molecule has 1 aliphatic rings. The molecule has 1 aliphatic heterocycles. The average molecular weight is 395 g/mol. The van der Waals surface area contributed by atoms with E-state index in [4.69, 9.17) is 16.0 Å². The lowest BCUT2D eigenvalue weighted by atomic mass is 10.0. The Kier molecular flexibility index (Phi) is 5.79. The number of hydrogen-bond donors (Lipinski definition) is 1. The zero-order chi connectivity index (χ0) is 19.3. The molecule has 4 nitrogen and oxygen atoms in total. The van der Waals surface area contributed by atoms with Gasteiger partial charge in [-0.1, -0.05) is 54.1 Å². The third kappa shape index (κ3) is 4.46. The van der Waals surface area contributed by atoms with E-state index in [0.29, 0.717) is 11.6 Å². The van der Waals surface area contributed by atoms with Gasteiger partial charge in [0.05, 0.1) is 5.69 Å². The maximum atomic E-state index is 11.8. The van der Waals surface area contributed by atoms with Crippen LogP contribution < -0.4 is 10.9 Å². The van der Waals surface area contributed by atoms with E-state index in [2.05, 4.69) is 22.4 Å². The molecule has 0 atom stereocenters. The molecule has 2 heterocycles. The summed E-state index contributed by atoms with van der Waals surface area (Å²) in [6.07, 6.45) is 6.33. The molecular weight excluding hydrogens is 372 g/mol. The van der Waals surface area contributed by atoms with Gasteiger partial charge in [-0.15, -0.1) is 0 Å². The smallest absolute Gasteiger partial charge is 0.338 e. The monoisotopic (exact) mass is 394 g/mol. The topological polar surface area (TPSA) is 45.5 Å². The summed E-state index contributed by atoms with van der Waals surface area (Å²) in [6, 6.07) is 17.4. The van der Waals surface area contributed by atoms with Crippen LogP contribution in [0.3, 0.4) is 0 Å². The molecule has 5 heteroatoms. The summed E-state index contributed by atoms with van der Waals surface area (Å²) >= 11 is 6.19. The molecule has 3 aromatic rings. The summed E-state index contributed by atoms with van der Waals surface area (Å²) in [5.41, 5.74) is 2.22. The second kappa shape index (κ2) is 8.63. The van der Waals surface area contributed by atoms with E-state index in [-0.39, 0.29) is 5.63 Å². The van der Waals surface area contributed by atoms with Crippen LogP contribution in [0.4, 0.5) is 5.69 Å². The minimum Gasteiger partial charge on any atom is -0.423 e. The quantitative estimate of drug-likeness (QED) is 0.616. The SMILES string of the molecule is O=c1cc(NC2CCN(C/C=C/c3ccccc3Cl)CC2)c2ccccc2o1. The van der Waals surface area contributed by atoms with Crippen LogP contribution in [0.2, 0.25) is 5.02 Å². The highest BCUT2D eigenvalue weighted by Gasteiger charge is 2.19. The molecule has 4 rings (SSSR count). The lowest BCUT2D eigenvalue weighted by molar-refractivity contribution is 0.240. The molecular formula is C23H23ClN2O2. The fourth-order valence-corrected chi connectivity index (χ4v) is 3.85. The number of fused-ring (bicyclic) bond motifs is 1. The van der Waals surface area contributed by atoms with Crippen molar-refractivity contribution in [2.24, 2.45) is 0 Å². The van der Waals surface area contributed by atoms with E-state index in [1.807, 2.05) is 48.5 Å². The van der Waals surface area contributed by atoms with Crippen molar-refractivity contribution in [1.82, 2.24) is 4.90 Å². The molecule has 28 heavy (non-hydrogen) atoms. The number of benzene rings is 2. The highest BCUT2D eigenvalue weighted by molar-refractivity contribution is 6.32. The molecule has 1 saturated heterocycles. The molecule has 0 aliphatic carbocycles. The molecule has 0 radical (unpaired) electrons. The summed E-state index contributed by atoms with van der Waals surface area (Å²) in [5.74, 6) is 0. The molecule has 2 aromatic carbocycles. The van der Waals surface area contributed by atoms with Gasteiger partial charge in [0.1, 0.15) is 5.58 Å². The highest BCUT2D eigenvalue weighted by atomic mass is 35.5. The van der Waals surface area contributed by atoms with Crippen molar-refractivity contribution in [3.63, 3.8) is 0 Å². The maximum Gasteiger partial charge on any atom is 0.338 e. The molecule has 1 aromatic heterocycles. The van der Waals surface area contributed by atoms with Crippen molar-refractivity contribution in [3.8, 4) is 0 Å². The summed E-state index contributed by atoms with van der Waals surface area (Å²) in [4.78, 5) is 14.3. The second-order valence-electron chi connectivity index (χ2n) is 7.12. The predicted octanol–water partition coefficient (Wildman–Crippen LogP) is 5.04. The summed E-state index contributed by atoms with van der Waals surface area (Å²) in [6.45, 7) is 2.95. The Labute approximate surface area is 169 Å². The first kappa shape index (κ1) is 18.8. The van der Waals surface area contributed by atoms with Crippen LogP contribution in [-0.2, 0) is 0 Å². The molecule has 1 N–H and O–H groups in total. The molecule has 0 saturated carbocycles. The normalized spacial score (nSPS) is 16.0. The van der Waals surface area contributed by atoms with Crippen molar-refractivity contribution in [1.29, 1.82) is 0 Å². The van der Waals surface area contributed by atoms with Gasteiger partial charge in [0.25, 0.3) is 0 Å². The van der Waals surface area contributed by atoms with E-state index in [1.165, 1.54) is 0 Å². The van der Waals surface area contributed by atoms with E-state index in [0.717, 1.165) is 54.1 Å². The van der Waals surface area contributed by atoms with Gasteiger partial charge in [-0.2, -0.15) is 0 Å². The van der Waals surface area contributed by atoms with Gasteiger partial charge in [-0.3, -0.25) is 4.90 Å². The Morgan fingerprint density at radius 1 is 1.11 bits per heavy atom. The zero-order valence-electron chi connectivity index (χ0n) is 15.6. The fraction of sp³-hybridized carbons (Fsp3) is 0.261. The lowest BCUT2D eigenvalue weighted by Gasteiger charge is -2.32. The standard InChI is InChI=1S/C23H23ClN2O2/c24-20-9-3-1-6-17(20)7-5-13-26-14-11-18(12-15-26)25-21-16-23(27)28-22-10-4-2-8-19(21)22/h1-10,16,18,25H,11-15H2/b7-5+. The molecule has 0 bridgehead atoms.